The maximum absolute atomic E-state index is 5.61. The number of benzene rings is 2. The Kier molecular flexibility index (Phi) is 6.28. The molecule has 0 saturated carbocycles. The van der Waals surface area contributed by atoms with Crippen molar-refractivity contribution >= 4 is 5.69 Å². The molecule has 0 aliphatic rings. The van der Waals surface area contributed by atoms with E-state index in [0.717, 1.165) is 18.9 Å². The maximum Gasteiger partial charge on any atom is 0.119 e. The molecule has 1 N–H and O–H groups in total. The molecule has 0 aliphatic heterocycles. The van der Waals surface area contributed by atoms with Crippen molar-refractivity contribution in [1.82, 2.24) is 0 Å². The topological polar surface area (TPSA) is 30.5 Å². The lowest BCUT2D eigenvalue weighted by Crippen LogP contribution is -2.06. The smallest absolute Gasteiger partial charge is 0.119 e. The van der Waals surface area contributed by atoms with Crippen LogP contribution in [0.2, 0.25) is 0 Å². The highest BCUT2D eigenvalue weighted by Gasteiger charge is 2.00. The number of rotatable bonds is 8. The van der Waals surface area contributed by atoms with Gasteiger partial charge in [-0.15, -0.1) is 0 Å². The van der Waals surface area contributed by atoms with Crippen molar-refractivity contribution in [3.05, 3.63) is 59.2 Å². The number of aryl methyl sites for hydroxylation is 2. The van der Waals surface area contributed by atoms with E-state index < -0.39 is 0 Å². The number of ether oxygens (including phenoxy) is 2. The van der Waals surface area contributed by atoms with Gasteiger partial charge in [0.05, 0.1) is 6.61 Å². The summed E-state index contributed by atoms with van der Waals surface area (Å²) in [7, 11) is 0. The third-order valence-corrected chi connectivity index (χ3v) is 3.49. The lowest BCUT2D eigenvalue weighted by atomic mass is 10.1. The van der Waals surface area contributed by atoms with E-state index in [1.54, 1.807) is 0 Å². The summed E-state index contributed by atoms with van der Waals surface area (Å²) in [6.45, 7) is 8.99. The van der Waals surface area contributed by atoms with Crippen LogP contribution in [-0.2, 0) is 11.3 Å². The summed E-state index contributed by atoms with van der Waals surface area (Å²) in [4.78, 5) is 0. The monoisotopic (exact) mass is 299 g/mol. The SMILES string of the molecule is CCOCCOc1ccc(CNc2ccc(C)cc2C)cc1. The van der Waals surface area contributed by atoms with Gasteiger partial charge in [-0.05, 0) is 50.1 Å². The average molecular weight is 299 g/mol. The van der Waals surface area contributed by atoms with Crippen LogP contribution in [0.4, 0.5) is 5.69 Å². The van der Waals surface area contributed by atoms with Gasteiger partial charge in [-0.25, -0.2) is 0 Å². The zero-order valence-electron chi connectivity index (χ0n) is 13.7. The predicted molar refractivity (Wildman–Crippen MR) is 91.7 cm³/mol. The van der Waals surface area contributed by atoms with Gasteiger partial charge in [0.1, 0.15) is 12.4 Å². The van der Waals surface area contributed by atoms with E-state index in [2.05, 4.69) is 49.5 Å². The summed E-state index contributed by atoms with van der Waals surface area (Å²) >= 11 is 0. The van der Waals surface area contributed by atoms with Crippen molar-refractivity contribution < 1.29 is 9.47 Å². The Morgan fingerprint density at radius 1 is 0.955 bits per heavy atom. The Balaban J connectivity index is 1.83. The fourth-order valence-electron chi connectivity index (χ4n) is 2.28. The molecule has 0 heterocycles. The van der Waals surface area contributed by atoms with Gasteiger partial charge in [0.2, 0.25) is 0 Å². The molecule has 0 unspecified atom stereocenters. The van der Waals surface area contributed by atoms with Crippen LogP contribution >= 0.6 is 0 Å². The molecule has 2 aromatic carbocycles. The Bertz CT molecular complexity index is 578. The second kappa shape index (κ2) is 8.44. The second-order valence-corrected chi connectivity index (χ2v) is 5.36. The van der Waals surface area contributed by atoms with Gasteiger partial charge in [-0.1, -0.05) is 29.8 Å². The predicted octanol–water partition coefficient (Wildman–Crippen LogP) is 4.33. The first-order chi connectivity index (χ1) is 10.7. The third kappa shape index (κ3) is 5.08. The highest BCUT2D eigenvalue weighted by atomic mass is 16.5. The van der Waals surface area contributed by atoms with E-state index in [1.165, 1.54) is 22.4 Å². The minimum Gasteiger partial charge on any atom is -0.491 e. The third-order valence-electron chi connectivity index (χ3n) is 3.49. The number of hydrogen-bond donors (Lipinski definition) is 1. The molecule has 118 valence electrons. The molecule has 0 amide bonds. The minimum absolute atomic E-state index is 0.591. The first-order valence-electron chi connectivity index (χ1n) is 7.79. The second-order valence-electron chi connectivity index (χ2n) is 5.36. The van der Waals surface area contributed by atoms with E-state index >= 15 is 0 Å². The van der Waals surface area contributed by atoms with Crippen molar-refractivity contribution in [3.63, 3.8) is 0 Å². The molecule has 0 aliphatic carbocycles. The Hall–Kier alpha value is -2.00. The summed E-state index contributed by atoms with van der Waals surface area (Å²) in [6.07, 6.45) is 0. The fraction of sp³-hybridized carbons (Fsp3) is 0.368. The molecule has 22 heavy (non-hydrogen) atoms. The molecule has 0 atom stereocenters. The number of hydrogen-bond acceptors (Lipinski definition) is 3. The van der Waals surface area contributed by atoms with Crippen molar-refractivity contribution in [2.45, 2.75) is 27.3 Å². The van der Waals surface area contributed by atoms with E-state index in [-0.39, 0.29) is 0 Å². The van der Waals surface area contributed by atoms with Gasteiger partial charge < -0.3 is 14.8 Å². The van der Waals surface area contributed by atoms with Gasteiger partial charge in [0.25, 0.3) is 0 Å². The highest BCUT2D eigenvalue weighted by Crippen LogP contribution is 2.18. The standard InChI is InChI=1S/C19H25NO2/c1-4-21-11-12-22-18-8-6-17(7-9-18)14-20-19-10-5-15(2)13-16(19)3/h5-10,13,20H,4,11-12,14H2,1-3H3. The summed E-state index contributed by atoms with van der Waals surface area (Å²) in [5.41, 5.74) is 4.98. The van der Waals surface area contributed by atoms with Crippen LogP contribution in [0, 0.1) is 13.8 Å². The molecule has 2 aromatic rings. The van der Waals surface area contributed by atoms with Gasteiger partial charge in [0.15, 0.2) is 0 Å². The lowest BCUT2D eigenvalue weighted by molar-refractivity contribution is 0.110. The summed E-state index contributed by atoms with van der Waals surface area (Å²) in [5, 5.41) is 3.47. The van der Waals surface area contributed by atoms with Gasteiger partial charge >= 0.3 is 0 Å². The Morgan fingerprint density at radius 3 is 2.41 bits per heavy atom. The van der Waals surface area contributed by atoms with Crippen molar-refractivity contribution in [2.75, 3.05) is 25.1 Å². The molecular weight excluding hydrogens is 274 g/mol. The molecular formula is C19H25NO2. The summed E-state index contributed by atoms with van der Waals surface area (Å²) in [6, 6.07) is 14.6. The molecule has 0 radical (unpaired) electrons. The zero-order chi connectivity index (χ0) is 15.8. The molecule has 0 saturated heterocycles. The van der Waals surface area contributed by atoms with Crippen molar-refractivity contribution in [2.24, 2.45) is 0 Å². The molecule has 0 bridgehead atoms. The van der Waals surface area contributed by atoms with Crippen LogP contribution in [0.3, 0.4) is 0 Å². The Labute approximate surface area is 133 Å². The normalized spacial score (nSPS) is 10.5. The van der Waals surface area contributed by atoms with Gasteiger partial charge in [0, 0.05) is 18.8 Å². The van der Waals surface area contributed by atoms with Crippen molar-refractivity contribution in [1.29, 1.82) is 0 Å². The first kappa shape index (κ1) is 16.4. The van der Waals surface area contributed by atoms with Crippen LogP contribution < -0.4 is 10.1 Å². The molecule has 2 rings (SSSR count). The van der Waals surface area contributed by atoms with E-state index in [9.17, 15) is 0 Å². The minimum atomic E-state index is 0.591. The maximum atomic E-state index is 5.61. The van der Waals surface area contributed by atoms with E-state index in [1.807, 2.05) is 19.1 Å². The number of anilines is 1. The highest BCUT2D eigenvalue weighted by molar-refractivity contribution is 5.52. The molecule has 0 aromatic heterocycles. The molecule has 3 nitrogen and oxygen atoms in total. The largest absolute Gasteiger partial charge is 0.491 e. The van der Waals surface area contributed by atoms with Crippen LogP contribution in [-0.4, -0.2) is 19.8 Å². The molecule has 3 heteroatoms. The average Bonchev–Trinajstić information content (AvgIpc) is 2.52. The van der Waals surface area contributed by atoms with Gasteiger partial charge in [-0.3, -0.25) is 0 Å². The Morgan fingerprint density at radius 2 is 1.73 bits per heavy atom. The van der Waals surface area contributed by atoms with Crippen molar-refractivity contribution in [3.8, 4) is 5.75 Å². The molecule has 0 spiro atoms. The quantitative estimate of drug-likeness (QED) is 0.736. The van der Waals surface area contributed by atoms with Gasteiger partial charge in [-0.2, -0.15) is 0 Å². The van der Waals surface area contributed by atoms with Crippen LogP contribution in [0.1, 0.15) is 23.6 Å². The lowest BCUT2D eigenvalue weighted by Gasteiger charge is -2.11. The first-order valence-corrected chi connectivity index (χ1v) is 7.79. The fourth-order valence-corrected chi connectivity index (χ4v) is 2.28. The summed E-state index contributed by atoms with van der Waals surface area (Å²) in [5.74, 6) is 0.884. The summed E-state index contributed by atoms with van der Waals surface area (Å²) < 4.78 is 10.9. The van der Waals surface area contributed by atoms with E-state index in [4.69, 9.17) is 9.47 Å². The zero-order valence-corrected chi connectivity index (χ0v) is 13.7. The van der Waals surface area contributed by atoms with E-state index in [0.29, 0.717) is 13.2 Å². The number of nitrogens with one attached hydrogen (secondary N) is 1. The van der Waals surface area contributed by atoms with Crippen LogP contribution in [0.15, 0.2) is 42.5 Å². The van der Waals surface area contributed by atoms with Crippen LogP contribution in [0.25, 0.3) is 0 Å². The molecule has 0 fully saturated rings. The van der Waals surface area contributed by atoms with Crippen LogP contribution in [0.5, 0.6) is 5.75 Å².